The van der Waals surface area contributed by atoms with Crippen LogP contribution in [0.1, 0.15) is 18.4 Å². The van der Waals surface area contributed by atoms with Crippen molar-refractivity contribution >= 4 is 17.0 Å². The normalized spacial score (nSPS) is 10.6. The molecule has 1 aromatic heterocycles. The Balaban J connectivity index is 2.13. The highest BCUT2D eigenvalue weighted by Gasteiger charge is 2.10. The molecule has 0 aliphatic rings. The number of nitro benzene ring substituents is 1. The highest BCUT2D eigenvalue weighted by atomic mass is 32.1. The molecule has 2 rings (SSSR count). The molecule has 0 spiro atoms. The van der Waals surface area contributed by atoms with E-state index < -0.39 is 4.92 Å². The molecule has 0 saturated carbocycles. The molecule has 0 fully saturated rings. The van der Waals surface area contributed by atoms with Crippen molar-refractivity contribution < 1.29 is 4.92 Å². The number of hydrogen-bond acceptors (Lipinski definition) is 6. The van der Waals surface area contributed by atoms with Gasteiger partial charge in [0.25, 0.3) is 5.69 Å². The number of aromatic nitrogens is 2. The molecule has 0 radical (unpaired) electrons. The minimum Gasteiger partial charge on any atom is -0.310 e. The summed E-state index contributed by atoms with van der Waals surface area (Å²) >= 11 is 1.45. The number of benzene rings is 1. The van der Waals surface area contributed by atoms with Gasteiger partial charge in [0.15, 0.2) is 0 Å². The van der Waals surface area contributed by atoms with Crippen molar-refractivity contribution in [3.8, 4) is 10.6 Å². The molecule has 0 aliphatic heterocycles. The Morgan fingerprint density at radius 2 is 2.26 bits per heavy atom. The maximum Gasteiger partial charge on any atom is 0.270 e. The van der Waals surface area contributed by atoms with Crippen molar-refractivity contribution in [2.75, 3.05) is 6.54 Å². The Bertz CT molecular complexity index is 570. The fraction of sp³-hybridized carbons (Fsp3) is 0.333. The van der Waals surface area contributed by atoms with Crippen LogP contribution in [-0.2, 0) is 6.54 Å². The van der Waals surface area contributed by atoms with Crippen molar-refractivity contribution in [1.29, 1.82) is 0 Å². The summed E-state index contributed by atoms with van der Waals surface area (Å²) in [4.78, 5) is 10.3. The van der Waals surface area contributed by atoms with E-state index in [0.717, 1.165) is 23.5 Å². The Hall–Kier alpha value is -1.86. The first-order valence-electron chi connectivity index (χ1n) is 5.98. The van der Waals surface area contributed by atoms with Crippen LogP contribution in [0.15, 0.2) is 24.3 Å². The van der Waals surface area contributed by atoms with Crippen LogP contribution in [0, 0.1) is 10.1 Å². The molecule has 100 valence electrons. The molecule has 1 aromatic carbocycles. The predicted molar refractivity (Wildman–Crippen MR) is 74.0 cm³/mol. The molecule has 7 heteroatoms. The van der Waals surface area contributed by atoms with E-state index in [9.17, 15) is 10.1 Å². The Morgan fingerprint density at radius 3 is 3.00 bits per heavy atom. The second-order valence-electron chi connectivity index (χ2n) is 3.99. The zero-order chi connectivity index (χ0) is 13.7. The van der Waals surface area contributed by atoms with Crippen LogP contribution >= 0.6 is 11.3 Å². The first-order chi connectivity index (χ1) is 9.20. The molecule has 0 amide bonds. The smallest absolute Gasteiger partial charge is 0.270 e. The summed E-state index contributed by atoms with van der Waals surface area (Å²) in [7, 11) is 0. The fourth-order valence-electron chi connectivity index (χ4n) is 1.57. The zero-order valence-electron chi connectivity index (χ0n) is 10.5. The van der Waals surface area contributed by atoms with Crippen LogP contribution in [-0.4, -0.2) is 21.7 Å². The lowest BCUT2D eigenvalue weighted by atomic mass is 10.2. The standard InChI is InChI=1S/C12H14N4O2S/c1-2-6-13-8-11-14-15-12(19-11)9-4-3-5-10(7-9)16(17)18/h3-5,7,13H,2,6,8H2,1H3. The second-order valence-corrected chi connectivity index (χ2v) is 5.05. The van der Waals surface area contributed by atoms with E-state index in [-0.39, 0.29) is 5.69 Å². The van der Waals surface area contributed by atoms with Crippen LogP contribution in [0.5, 0.6) is 0 Å². The van der Waals surface area contributed by atoms with Crippen molar-refractivity contribution in [3.05, 3.63) is 39.4 Å². The van der Waals surface area contributed by atoms with Gasteiger partial charge < -0.3 is 5.32 Å². The van der Waals surface area contributed by atoms with E-state index in [1.54, 1.807) is 12.1 Å². The van der Waals surface area contributed by atoms with E-state index in [1.807, 2.05) is 0 Å². The minimum atomic E-state index is -0.408. The lowest BCUT2D eigenvalue weighted by Gasteiger charge is -1.97. The summed E-state index contributed by atoms with van der Waals surface area (Å²) in [6, 6.07) is 6.44. The molecule has 0 aliphatic carbocycles. The SMILES string of the molecule is CCCNCc1nnc(-c2cccc([N+](=O)[O-])c2)s1. The quantitative estimate of drug-likeness (QED) is 0.499. The number of non-ortho nitro benzene ring substituents is 1. The lowest BCUT2D eigenvalue weighted by Crippen LogP contribution is -2.13. The van der Waals surface area contributed by atoms with Gasteiger partial charge in [0.1, 0.15) is 10.0 Å². The third kappa shape index (κ3) is 3.55. The summed E-state index contributed by atoms with van der Waals surface area (Å²) < 4.78 is 0. The van der Waals surface area contributed by atoms with E-state index in [4.69, 9.17) is 0 Å². The Kier molecular flexibility index (Phi) is 4.53. The first kappa shape index (κ1) is 13.6. The zero-order valence-corrected chi connectivity index (χ0v) is 11.3. The van der Waals surface area contributed by atoms with Gasteiger partial charge in [0.05, 0.1) is 4.92 Å². The van der Waals surface area contributed by atoms with Gasteiger partial charge in [0, 0.05) is 24.2 Å². The number of nitrogens with zero attached hydrogens (tertiary/aromatic N) is 3. The molecular weight excluding hydrogens is 264 g/mol. The molecule has 19 heavy (non-hydrogen) atoms. The van der Waals surface area contributed by atoms with E-state index >= 15 is 0 Å². The molecule has 1 heterocycles. The van der Waals surface area contributed by atoms with Crippen LogP contribution in [0.4, 0.5) is 5.69 Å². The van der Waals surface area contributed by atoms with Gasteiger partial charge >= 0.3 is 0 Å². The molecule has 0 bridgehead atoms. The first-order valence-corrected chi connectivity index (χ1v) is 6.80. The van der Waals surface area contributed by atoms with E-state index in [2.05, 4.69) is 22.4 Å². The highest BCUT2D eigenvalue weighted by molar-refractivity contribution is 7.14. The number of nitrogens with one attached hydrogen (secondary N) is 1. The molecule has 0 saturated heterocycles. The average molecular weight is 278 g/mol. The summed E-state index contributed by atoms with van der Waals surface area (Å²) in [6.07, 6.45) is 1.07. The topological polar surface area (TPSA) is 81.0 Å². The van der Waals surface area contributed by atoms with Crippen LogP contribution in [0.3, 0.4) is 0 Å². The monoisotopic (exact) mass is 278 g/mol. The van der Waals surface area contributed by atoms with Gasteiger partial charge in [0.2, 0.25) is 0 Å². The van der Waals surface area contributed by atoms with Gasteiger partial charge in [-0.05, 0) is 13.0 Å². The fourth-order valence-corrected chi connectivity index (χ4v) is 2.37. The molecule has 6 nitrogen and oxygen atoms in total. The third-order valence-corrected chi connectivity index (χ3v) is 3.45. The van der Waals surface area contributed by atoms with Gasteiger partial charge in [-0.1, -0.05) is 30.4 Å². The highest BCUT2D eigenvalue weighted by Crippen LogP contribution is 2.26. The molecule has 2 aromatic rings. The largest absolute Gasteiger partial charge is 0.310 e. The predicted octanol–water partition coefficient (Wildman–Crippen LogP) is 2.61. The summed E-state index contributed by atoms with van der Waals surface area (Å²) in [5, 5.41) is 23.7. The van der Waals surface area contributed by atoms with Gasteiger partial charge in [-0.2, -0.15) is 0 Å². The van der Waals surface area contributed by atoms with Gasteiger partial charge in [-0.3, -0.25) is 10.1 Å². The van der Waals surface area contributed by atoms with Gasteiger partial charge in [-0.25, -0.2) is 0 Å². The number of nitro groups is 1. The van der Waals surface area contributed by atoms with Crippen molar-refractivity contribution in [2.45, 2.75) is 19.9 Å². The van der Waals surface area contributed by atoms with Crippen molar-refractivity contribution in [2.24, 2.45) is 0 Å². The lowest BCUT2D eigenvalue weighted by molar-refractivity contribution is -0.384. The molecule has 1 N–H and O–H groups in total. The number of hydrogen-bond donors (Lipinski definition) is 1. The summed E-state index contributed by atoms with van der Waals surface area (Å²) in [5.41, 5.74) is 0.798. The maximum atomic E-state index is 10.7. The molecular formula is C12H14N4O2S. The van der Waals surface area contributed by atoms with E-state index in [1.165, 1.54) is 23.5 Å². The van der Waals surface area contributed by atoms with Gasteiger partial charge in [-0.15, -0.1) is 10.2 Å². The number of rotatable bonds is 6. The second kappa shape index (κ2) is 6.35. The van der Waals surface area contributed by atoms with E-state index in [0.29, 0.717) is 11.6 Å². The molecule has 0 unspecified atom stereocenters. The van der Waals surface area contributed by atoms with Crippen molar-refractivity contribution in [1.82, 2.24) is 15.5 Å². The average Bonchev–Trinajstić information content (AvgIpc) is 2.88. The molecule has 0 atom stereocenters. The summed E-state index contributed by atoms with van der Waals surface area (Å²) in [5.74, 6) is 0. The Morgan fingerprint density at radius 1 is 1.42 bits per heavy atom. The van der Waals surface area contributed by atoms with Crippen molar-refractivity contribution in [3.63, 3.8) is 0 Å². The maximum absolute atomic E-state index is 10.7. The van der Waals surface area contributed by atoms with Crippen LogP contribution in [0.2, 0.25) is 0 Å². The van der Waals surface area contributed by atoms with Crippen LogP contribution in [0.25, 0.3) is 10.6 Å². The summed E-state index contributed by atoms with van der Waals surface area (Å²) in [6.45, 7) is 3.72. The third-order valence-electron chi connectivity index (χ3n) is 2.47. The Labute approximate surface area is 114 Å². The van der Waals surface area contributed by atoms with Crippen LogP contribution < -0.4 is 5.32 Å². The minimum absolute atomic E-state index is 0.0679.